The van der Waals surface area contributed by atoms with Crippen molar-refractivity contribution in [3.63, 3.8) is 0 Å². The zero-order chi connectivity index (χ0) is 92.4. The van der Waals surface area contributed by atoms with Gasteiger partial charge in [-0.25, -0.2) is 0 Å². The summed E-state index contributed by atoms with van der Waals surface area (Å²) in [6, 6.07) is 29.5. The quantitative estimate of drug-likeness (QED) is 0.0275. The van der Waals surface area contributed by atoms with Crippen molar-refractivity contribution < 1.29 is 38.0 Å². The van der Waals surface area contributed by atoms with Gasteiger partial charge in [0, 0.05) is 50.1 Å². The zero-order valence-corrected chi connectivity index (χ0v) is 88.6. The molecule has 0 aliphatic carbocycles. The van der Waals surface area contributed by atoms with Gasteiger partial charge in [-0.05, 0) is 123 Å². The van der Waals surface area contributed by atoms with Crippen LogP contribution in [0.15, 0.2) is 84.9 Å². The molecule has 131 heavy (non-hydrogen) atoms. The Labute approximate surface area is 822 Å². The first-order chi connectivity index (χ1) is 64.8. The van der Waals surface area contributed by atoms with E-state index in [1.807, 2.05) is 47.7 Å². The van der Waals surface area contributed by atoms with Crippen LogP contribution in [-0.4, -0.2) is 51.2 Å². The number of ether oxygens (including phenoxy) is 6. The third-order valence-electron chi connectivity index (χ3n) is 26.5. The van der Waals surface area contributed by atoms with Crippen molar-refractivity contribution in [2.75, 3.05) is 39.6 Å². The minimum Gasteiger partial charge on any atom is -0.490 e. The fourth-order valence-corrected chi connectivity index (χ4v) is 23.5. The molecule has 0 atom stereocenters. The van der Waals surface area contributed by atoms with Crippen molar-refractivity contribution >= 4 is 68.3 Å². The number of carbonyl (C=O) groups is 2. The molecule has 0 radical (unpaired) electrons. The second-order valence-electron chi connectivity index (χ2n) is 38.5. The number of hydrogen-bond donors (Lipinski definition) is 0. The minimum atomic E-state index is -0.0198. The van der Waals surface area contributed by atoms with Gasteiger partial charge in [0.25, 0.3) is 0 Å². The molecule has 0 aliphatic rings. The maximum absolute atomic E-state index is 15.1. The van der Waals surface area contributed by atoms with E-state index in [-0.39, 0.29) is 11.6 Å². The summed E-state index contributed by atoms with van der Waals surface area (Å²) in [6.07, 6.45) is 92.6. The Morgan fingerprint density at radius 2 is 0.313 bits per heavy atom. The second-order valence-corrected chi connectivity index (χ2v) is 43.9. The second kappa shape index (κ2) is 77.1. The summed E-state index contributed by atoms with van der Waals surface area (Å²) in [5, 5.41) is 0. The van der Waals surface area contributed by atoms with Gasteiger partial charge in [-0.1, -0.05) is 465 Å². The summed E-state index contributed by atoms with van der Waals surface area (Å²) in [6.45, 7) is 17.3. The molecule has 8 nitrogen and oxygen atoms in total. The first-order valence-corrected chi connectivity index (χ1v) is 59.6. The van der Waals surface area contributed by atoms with Gasteiger partial charge in [0.2, 0.25) is 23.1 Å². The number of carbonyl (C=O) groups excluding carboxylic acids is 2. The van der Waals surface area contributed by atoms with Gasteiger partial charge < -0.3 is 28.4 Å². The van der Waals surface area contributed by atoms with Crippen molar-refractivity contribution in [3.05, 3.63) is 106 Å². The van der Waals surface area contributed by atoms with Gasteiger partial charge in [0.15, 0.2) is 23.0 Å². The maximum Gasteiger partial charge on any atom is 0.203 e. The predicted octanol–water partition coefficient (Wildman–Crippen LogP) is 41.6. The molecule has 0 amide bonds. The van der Waals surface area contributed by atoms with Crippen molar-refractivity contribution in [1.82, 2.24) is 0 Å². The molecule has 0 fully saturated rings. The van der Waals surface area contributed by atoms with E-state index in [2.05, 4.69) is 90.1 Å². The molecule has 0 bridgehead atoms. The van der Waals surface area contributed by atoms with Crippen LogP contribution in [0.25, 0.3) is 39.0 Å². The van der Waals surface area contributed by atoms with Crippen LogP contribution in [0.4, 0.5) is 0 Å². The summed E-state index contributed by atoms with van der Waals surface area (Å²) in [5.41, 5.74) is 1.16. The molecule has 0 saturated carbocycles. The molecule has 738 valence electrons. The van der Waals surface area contributed by atoms with Gasteiger partial charge >= 0.3 is 0 Å². The highest BCUT2D eigenvalue weighted by atomic mass is 32.1. The standard InChI is InChI=1S/C118H188O8S5/c1-7-13-19-25-31-37-43-49-55-61-67-73-89-121-101-95-99(96-102(122-90-74-68-62-56-50-44-38-32-26-20-14-8-2)117(101)125-93-77-71-65-59-53-47-41-35-29-23-17-11-5)115(119)113-87-85-111(130-113)109-83-81-107(128-109)105-79-80-106(127-105)108-82-84-110(129-108)112-86-88-114(131-112)116(120)100-97-103(123-91-75-69-63-57-51-45-39-33-27-21-15-9-3)118(126-94-78-72-66-60-54-48-42-36-30-24-18-12-6)104(98-100)124-92-76-70-64-58-52-46-40-34-28-22-16-10-4/h79-88,95-98H,7-78,89-94H2,1-6H3. The highest BCUT2D eigenvalue weighted by molar-refractivity contribution is 7.30. The third-order valence-corrected chi connectivity index (χ3v) is 32.7. The average Bonchev–Trinajstić information content (AvgIpc) is 1.75. The number of unbranched alkanes of at least 4 members (excludes halogenated alkanes) is 66. The predicted molar refractivity (Wildman–Crippen MR) is 577 cm³/mol. The van der Waals surface area contributed by atoms with Crippen molar-refractivity contribution in [2.45, 2.75) is 504 Å². The van der Waals surface area contributed by atoms with Gasteiger partial charge in [0.05, 0.1) is 49.4 Å². The normalized spacial score (nSPS) is 11.6. The fourth-order valence-electron chi connectivity index (χ4n) is 18.1. The SMILES string of the molecule is CCCCCCCCCCCCCCOc1cc(C(=O)c2ccc(-c3ccc(-c4ccc(-c5ccc(-c6ccc(C(=O)c7cc(OCCCCCCCCCCCCCC)c(OCCCCCCCCCCCCCC)c(OCCCCCCCCCCCCCC)c7)s6)s5)s4)s3)s2)cc(OCCCCCCCCCCCCCC)c1OCCCCCCCCCCCCCC. The third kappa shape index (κ3) is 50.3. The van der Waals surface area contributed by atoms with E-state index < -0.39 is 0 Å². The van der Waals surface area contributed by atoms with Gasteiger partial charge in [0.1, 0.15) is 0 Å². The topological polar surface area (TPSA) is 89.5 Å². The molecule has 0 N–H and O–H groups in total. The first kappa shape index (κ1) is 113. The molecule has 13 heteroatoms. The smallest absolute Gasteiger partial charge is 0.203 e. The van der Waals surface area contributed by atoms with Crippen LogP contribution >= 0.6 is 56.7 Å². The molecule has 7 rings (SSSR count). The van der Waals surface area contributed by atoms with E-state index in [1.54, 1.807) is 45.3 Å². The van der Waals surface area contributed by atoms with Gasteiger partial charge in [-0.3, -0.25) is 9.59 Å². The summed E-state index contributed by atoms with van der Waals surface area (Å²) in [4.78, 5) is 40.8. The Bertz CT molecular complexity index is 3540. The first-order valence-electron chi connectivity index (χ1n) is 55.5. The molecular weight excluding hydrogens is 1710 g/mol. The Balaban J connectivity index is 1.03. The minimum absolute atomic E-state index is 0.0198. The number of benzene rings is 2. The van der Waals surface area contributed by atoms with Crippen LogP contribution < -0.4 is 28.4 Å². The lowest BCUT2D eigenvalue weighted by Gasteiger charge is -2.19. The summed E-state index contributed by atoms with van der Waals surface area (Å²) in [5.74, 6) is 3.80. The van der Waals surface area contributed by atoms with E-state index in [0.717, 1.165) is 96.6 Å². The molecule has 5 heterocycles. The zero-order valence-electron chi connectivity index (χ0n) is 84.5. The average molecular weight is 1900 g/mol. The van der Waals surface area contributed by atoms with Crippen molar-refractivity contribution in [1.29, 1.82) is 0 Å². The monoisotopic (exact) mass is 1890 g/mol. The van der Waals surface area contributed by atoms with E-state index in [9.17, 15) is 0 Å². The summed E-state index contributed by atoms with van der Waals surface area (Å²) in [7, 11) is 0. The lowest BCUT2D eigenvalue weighted by molar-refractivity contribution is 0.103. The lowest BCUT2D eigenvalue weighted by atomic mass is 10.1. The van der Waals surface area contributed by atoms with E-state index in [4.69, 9.17) is 28.4 Å². The summed E-state index contributed by atoms with van der Waals surface area (Å²) < 4.78 is 40.8. The van der Waals surface area contributed by atoms with Gasteiger partial charge in [-0.15, -0.1) is 56.7 Å². The van der Waals surface area contributed by atoms with Crippen LogP contribution in [0, 0.1) is 0 Å². The molecule has 0 unspecified atom stereocenters. The summed E-state index contributed by atoms with van der Waals surface area (Å²) >= 11 is 8.51. The van der Waals surface area contributed by atoms with Crippen molar-refractivity contribution in [2.24, 2.45) is 0 Å². The molecule has 5 aromatic heterocycles. The Morgan fingerprint density at radius 1 is 0.176 bits per heavy atom. The maximum atomic E-state index is 15.1. The molecular formula is C118H188O8S5. The van der Waals surface area contributed by atoms with Crippen LogP contribution in [0.2, 0.25) is 0 Å². The fraction of sp³-hybridized carbons (Fsp3) is 0.712. The number of thiophene rings is 5. The van der Waals surface area contributed by atoms with Crippen LogP contribution in [0.1, 0.15) is 534 Å². The van der Waals surface area contributed by atoms with Crippen molar-refractivity contribution in [3.8, 4) is 73.5 Å². The Hall–Kier alpha value is -4.92. The number of hydrogen-bond acceptors (Lipinski definition) is 13. The van der Waals surface area contributed by atoms with Crippen LogP contribution in [-0.2, 0) is 0 Å². The Morgan fingerprint density at radius 3 is 0.481 bits per heavy atom. The largest absolute Gasteiger partial charge is 0.490 e. The highest BCUT2D eigenvalue weighted by Crippen LogP contribution is 2.48. The number of ketones is 2. The molecule has 0 spiro atoms. The van der Waals surface area contributed by atoms with E-state index in [1.165, 1.54) is 405 Å². The van der Waals surface area contributed by atoms with E-state index in [0.29, 0.717) is 95.0 Å². The molecule has 0 aliphatic heterocycles. The molecule has 7 aromatic rings. The van der Waals surface area contributed by atoms with E-state index >= 15 is 9.59 Å². The van der Waals surface area contributed by atoms with Gasteiger partial charge in [-0.2, -0.15) is 0 Å². The van der Waals surface area contributed by atoms with Crippen LogP contribution in [0.5, 0.6) is 34.5 Å². The lowest BCUT2D eigenvalue weighted by Crippen LogP contribution is -2.09. The molecule has 2 aromatic carbocycles. The molecule has 0 saturated heterocycles. The van der Waals surface area contributed by atoms with Crippen LogP contribution in [0.3, 0.4) is 0 Å². The highest BCUT2D eigenvalue weighted by Gasteiger charge is 2.25. The number of rotatable bonds is 92. The Kier molecular flexibility index (Phi) is 66.5.